The van der Waals surface area contributed by atoms with Crippen LogP contribution in [0.5, 0.6) is 0 Å². The number of hydrogen-bond acceptors (Lipinski definition) is 5. The molecule has 1 aromatic carbocycles. The summed E-state index contributed by atoms with van der Waals surface area (Å²) in [6, 6.07) is 13.5. The van der Waals surface area contributed by atoms with Crippen molar-refractivity contribution in [1.82, 2.24) is 19.4 Å². The topological polar surface area (TPSA) is 97.2 Å². The summed E-state index contributed by atoms with van der Waals surface area (Å²) in [4.78, 5) is 48.2. The van der Waals surface area contributed by atoms with E-state index in [0.717, 1.165) is 16.7 Å². The Balaban J connectivity index is 1.27. The number of carbonyl (C=O) groups excluding carboxylic acids is 3. The van der Waals surface area contributed by atoms with Gasteiger partial charge in [0.25, 0.3) is 0 Å². The number of imidazole rings is 1. The summed E-state index contributed by atoms with van der Waals surface area (Å²) in [7, 11) is 0. The Kier molecular flexibility index (Phi) is 5.73. The minimum Gasteiger partial charge on any atom is -0.310 e. The van der Waals surface area contributed by atoms with Gasteiger partial charge in [0.15, 0.2) is 0 Å². The van der Waals surface area contributed by atoms with Crippen LogP contribution in [0.1, 0.15) is 25.0 Å². The first kappa shape index (κ1) is 21.1. The molecule has 168 valence electrons. The molecule has 33 heavy (non-hydrogen) atoms. The van der Waals surface area contributed by atoms with Gasteiger partial charge in [-0.05, 0) is 37.1 Å². The average molecular weight is 444 g/mol. The number of rotatable bonds is 7. The predicted molar refractivity (Wildman–Crippen MR) is 123 cm³/mol. The molecule has 8 heteroatoms. The number of hydrogen-bond donors (Lipinski definition) is 1. The quantitative estimate of drug-likeness (QED) is 0.447. The first-order valence-electron chi connectivity index (χ1n) is 11.3. The Labute approximate surface area is 191 Å². The molecule has 0 saturated carbocycles. The van der Waals surface area contributed by atoms with Crippen LogP contribution >= 0.6 is 0 Å². The van der Waals surface area contributed by atoms with Crippen LogP contribution in [0, 0.1) is 11.8 Å². The maximum Gasteiger partial charge on any atom is 0.233 e. The van der Waals surface area contributed by atoms with E-state index >= 15 is 0 Å². The van der Waals surface area contributed by atoms with Gasteiger partial charge < -0.3 is 4.57 Å². The molecule has 2 atom stereocenters. The monoisotopic (exact) mass is 443 g/mol. The molecule has 3 heterocycles. The molecule has 0 bridgehead atoms. The fourth-order valence-corrected chi connectivity index (χ4v) is 4.66. The largest absolute Gasteiger partial charge is 0.310 e. The predicted octanol–water partition coefficient (Wildman–Crippen LogP) is 2.95. The van der Waals surface area contributed by atoms with Crippen molar-refractivity contribution in [2.45, 2.75) is 32.2 Å². The van der Waals surface area contributed by atoms with Crippen LogP contribution in [0.15, 0.2) is 60.8 Å². The summed E-state index contributed by atoms with van der Waals surface area (Å²) >= 11 is 0. The molecule has 1 N–H and O–H groups in total. The SMILES string of the molecule is O=C(CCN1C(=O)C2CC=CCC2C1=O)Nc1nc2ccccc2n1CCc1ccccn1. The van der Waals surface area contributed by atoms with Crippen molar-refractivity contribution in [2.24, 2.45) is 11.8 Å². The van der Waals surface area contributed by atoms with Crippen molar-refractivity contribution in [3.05, 3.63) is 66.5 Å². The van der Waals surface area contributed by atoms with Crippen LogP contribution < -0.4 is 5.32 Å². The van der Waals surface area contributed by atoms with Gasteiger partial charge in [0.1, 0.15) is 0 Å². The molecular formula is C25H25N5O3. The number of aromatic nitrogens is 3. The Bertz CT molecular complexity index is 1210. The number of benzene rings is 1. The number of aryl methyl sites for hydroxylation is 2. The molecule has 0 spiro atoms. The molecule has 1 fully saturated rings. The van der Waals surface area contributed by atoms with Crippen molar-refractivity contribution in [3.8, 4) is 0 Å². The third-order valence-electron chi connectivity index (χ3n) is 6.38. The van der Waals surface area contributed by atoms with E-state index in [1.807, 2.05) is 59.2 Å². The molecule has 2 unspecified atom stereocenters. The van der Waals surface area contributed by atoms with Crippen LogP contribution in [0.4, 0.5) is 5.95 Å². The lowest BCUT2D eigenvalue weighted by molar-refractivity contribution is -0.140. The molecule has 2 aliphatic rings. The highest BCUT2D eigenvalue weighted by Crippen LogP contribution is 2.35. The molecular weight excluding hydrogens is 418 g/mol. The van der Waals surface area contributed by atoms with Gasteiger partial charge in [-0.3, -0.25) is 29.6 Å². The third kappa shape index (κ3) is 4.16. The number of nitrogens with one attached hydrogen (secondary N) is 1. The fourth-order valence-electron chi connectivity index (χ4n) is 4.66. The van der Waals surface area contributed by atoms with E-state index in [-0.39, 0.29) is 42.5 Å². The lowest BCUT2D eigenvalue weighted by Gasteiger charge is -2.15. The number of pyridine rings is 1. The minimum atomic E-state index is -0.280. The Morgan fingerprint density at radius 1 is 0.970 bits per heavy atom. The number of anilines is 1. The van der Waals surface area contributed by atoms with E-state index in [1.165, 1.54) is 4.90 Å². The van der Waals surface area contributed by atoms with E-state index in [4.69, 9.17) is 0 Å². The van der Waals surface area contributed by atoms with Crippen molar-refractivity contribution in [3.63, 3.8) is 0 Å². The van der Waals surface area contributed by atoms with Crippen LogP contribution in [0.25, 0.3) is 11.0 Å². The summed E-state index contributed by atoms with van der Waals surface area (Å²) < 4.78 is 1.97. The molecule has 1 saturated heterocycles. The number of likely N-dealkylation sites (tertiary alicyclic amines) is 1. The lowest BCUT2D eigenvalue weighted by atomic mass is 9.85. The highest BCUT2D eigenvalue weighted by molar-refractivity contribution is 6.05. The zero-order valence-electron chi connectivity index (χ0n) is 18.2. The second-order valence-corrected chi connectivity index (χ2v) is 8.43. The summed E-state index contributed by atoms with van der Waals surface area (Å²) in [5.74, 6) is -0.704. The van der Waals surface area contributed by atoms with Crippen molar-refractivity contribution < 1.29 is 14.4 Å². The number of fused-ring (bicyclic) bond motifs is 2. The van der Waals surface area contributed by atoms with Crippen LogP contribution in [0.3, 0.4) is 0 Å². The standard InChI is InChI=1S/C25H25N5O3/c31-22(13-16-30-23(32)18-8-1-2-9-19(18)24(30)33)28-25-27-20-10-3-4-11-21(20)29(25)15-12-17-7-5-6-14-26-17/h1-7,10-11,14,18-19H,8-9,12-13,15-16H2,(H,27,28,31). The molecule has 1 aliphatic heterocycles. The molecule has 2 aromatic heterocycles. The summed E-state index contributed by atoms with van der Waals surface area (Å²) in [6.45, 7) is 0.692. The lowest BCUT2D eigenvalue weighted by Crippen LogP contribution is -2.34. The normalized spacial score (nSPS) is 19.8. The van der Waals surface area contributed by atoms with Gasteiger partial charge in [-0.25, -0.2) is 4.98 Å². The van der Waals surface area contributed by atoms with E-state index in [0.29, 0.717) is 31.8 Å². The molecule has 3 amide bonds. The fraction of sp³-hybridized carbons (Fsp3) is 0.320. The van der Waals surface area contributed by atoms with Gasteiger partial charge in [-0.15, -0.1) is 0 Å². The number of carbonyl (C=O) groups is 3. The maximum absolute atomic E-state index is 12.8. The van der Waals surface area contributed by atoms with E-state index in [9.17, 15) is 14.4 Å². The molecule has 8 nitrogen and oxygen atoms in total. The van der Waals surface area contributed by atoms with Gasteiger partial charge in [0.2, 0.25) is 23.7 Å². The number of para-hydroxylation sites is 2. The zero-order valence-corrected chi connectivity index (χ0v) is 18.2. The molecule has 1 aliphatic carbocycles. The third-order valence-corrected chi connectivity index (χ3v) is 6.38. The van der Waals surface area contributed by atoms with Crippen molar-refractivity contribution in [2.75, 3.05) is 11.9 Å². The highest BCUT2D eigenvalue weighted by Gasteiger charge is 2.46. The molecule has 5 rings (SSSR count). The first-order chi connectivity index (χ1) is 16.1. The van der Waals surface area contributed by atoms with Crippen LogP contribution in [-0.2, 0) is 27.3 Å². The Morgan fingerprint density at radius 3 is 2.42 bits per heavy atom. The van der Waals surface area contributed by atoms with Crippen molar-refractivity contribution >= 4 is 34.7 Å². The molecule has 3 aromatic rings. The van der Waals surface area contributed by atoms with Crippen molar-refractivity contribution in [1.29, 1.82) is 0 Å². The maximum atomic E-state index is 12.8. The Morgan fingerprint density at radius 2 is 1.70 bits per heavy atom. The van der Waals surface area contributed by atoms with Gasteiger partial charge in [-0.1, -0.05) is 30.4 Å². The summed E-state index contributed by atoms with van der Waals surface area (Å²) in [5.41, 5.74) is 2.66. The zero-order chi connectivity index (χ0) is 22.8. The van der Waals surface area contributed by atoms with E-state index in [2.05, 4.69) is 15.3 Å². The summed E-state index contributed by atoms with van der Waals surface area (Å²) in [5, 5.41) is 2.88. The summed E-state index contributed by atoms with van der Waals surface area (Å²) in [6.07, 6.45) is 7.59. The second-order valence-electron chi connectivity index (χ2n) is 8.43. The Hall–Kier alpha value is -3.81. The number of amides is 3. The first-order valence-corrected chi connectivity index (χ1v) is 11.3. The van der Waals surface area contributed by atoms with E-state index < -0.39 is 0 Å². The number of imide groups is 1. The van der Waals surface area contributed by atoms with Gasteiger partial charge in [0, 0.05) is 37.8 Å². The van der Waals surface area contributed by atoms with Gasteiger partial charge >= 0.3 is 0 Å². The van der Waals surface area contributed by atoms with Crippen LogP contribution in [0.2, 0.25) is 0 Å². The highest BCUT2D eigenvalue weighted by atomic mass is 16.2. The minimum absolute atomic E-state index is 0.0355. The number of allylic oxidation sites excluding steroid dienone is 2. The number of nitrogens with zero attached hydrogens (tertiary/aromatic N) is 4. The average Bonchev–Trinajstić information content (AvgIpc) is 3.31. The van der Waals surface area contributed by atoms with Gasteiger partial charge in [0.05, 0.1) is 22.9 Å². The van der Waals surface area contributed by atoms with E-state index in [1.54, 1.807) is 6.20 Å². The van der Waals surface area contributed by atoms with Gasteiger partial charge in [-0.2, -0.15) is 0 Å². The smallest absolute Gasteiger partial charge is 0.233 e. The van der Waals surface area contributed by atoms with Crippen LogP contribution in [-0.4, -0.2) is 43.7 Å². The molecule has 0 radical (unpaired) electrons. The second kappa shape index (κ2) is 8.97.